The summed E-state index contributed by atoms with van der Waals surface area (Å²) >= 11 is 0. The number of para-hydroxylation sites is 1. The van der Waals surface area contributed by atoms with E-state index in [0.29, 0.717) is 24.7 Å². The molecule has 4 rings (SSSR count). The number of nitrogens with zero attached hydrogens (tertiary/aromatic N) is 2. The molecule has 2 aromatic carbocycles. The van der Waals surface area contributed by atoms with Crippen molar-refractivity contribution in [2.45, 2.75) is 64.6 Å². The Bertz CT molecular complexity index is 1120. The number of rotatable bonds is 10. The summed E-state index contributed by atoms with van der Waals surface area (Å²) in [4.78, 5) is 21.5. The topological polar surface area (TPSA) is 81.0 Å². The number of pyridine rings is 1. The minimum atomic E-state index is -0.826. The first-order valence-electron chi connectivity index (χ1n) is 12.1. The lowest BCUT2D eigenvalue weighted by Crippen LogP contribution is -2.18. The number of aromatic nitrogens is 1. The summed E-state index contributed by atoms with van der Waals surface area (Å²) in [5.41, 5.74) is 3.62. The van der Waals surface area contributed by atoms with Gasteiger partial charge in [-0.25, -0.2) is 4.98 Å². The van der Waals surface area contributed by atoms with E-state index in [4.69, 9.17) is 14.7 Å². The smallest absolute Gasteiger partial charge is 0.303 e. The summed E-state index contributed by atoms with van der Waals surface area (Å²) in [5.74, 6) is 0.355. The Balaban J connectivity index is 1.42. The summed E-state index contributed by atoms with van der Waals surface area (Å²) < 4.78 is 5.99. The van der Waals surface area contributed by atoms with Crippen molar-refractivity contribution in [2.75, 3.05) is 0 Å². The van der Waals surface area contributed by atoms with E-state index in [9.17, 15) is 4.79 Å². The third kappa shape index (κ3) is 6.56. The molecule has 0 amide bonds. The lowest BCUT2D eigenvalue weighted by Gasteiger charge is -2.29. The zero-order valence-corrected chi connectivity index (χ0v) is 19.7. The highest BCUT2D eigenvalue weighted by Crippen LogP contribution is 2.37. The molecule has 0 spiro atoms. The van der Waals surface area contributed by atoms with Crippen LogP contribution in [0.1, 0.15) is 69.2 Å². The van der Waals surface area contributed by atoms with Crippen LogP contribution in [0.15, 0.2) is 65.8 Å². The molecule has 1 saturated carbocycles. The van der Waals surface area contributed by atoms with Gasteiger partial charge in [-0.15, -0.1) is 0 Å². The predicted molar refractivity (Wildman–Crippen MR) is 133 cm³/mol. The van der Waals surface area contributed by atoms with Gasteiger partial charge in [-0.05, 0) is 56.0 Å². The van der Waals surface area contributed by atoms with Crippen LogP contribution in [0.3, 0.4) is 0 Å². The van der Waals surface area contributed by atoms with Crippen LogP contribution in [0.25, 0.3) is 10.9 Å². The lowest BCUT2D eigenvalue weighted by molar-refractivity contribution is -0.136. The number of benzene rings is 2. The van der Waals surface area contributed by atoms with E-state index in [1.807, 2.05) is 61.5 Å². The maximum atomic E-state index is 10.8. The molecule has 1 fully saturated rings. The van der Waals surface area contributed by atoms with Gasteiger partial charge in [-0.3, -0.25) is 4.79 Å². The van der Waals surface area contributed by atoms with Crippen molar-refractivity contribution in [1.82, 2.24) is 4.98 Å². The second-order valence-corrected chi connectivity index (χ2v) is 9.00. The van der Waals surface area contributed by atoms with Crippen molar-refractivity contribution in [1.29, 1.82) is 0 Å². The normalized spacial score (nSPS) is 15.7. The lowest BCUT2D eigenvalue weighted by atomic mass is 9.83. The molecule has 1 atom stereocenters. The Morgan fingerprint density at radius 2 is 1.79 bits per heavy atom. The van der Waals surface area contributed by atoms with Gasteiger partial charge in [0.1, 0.15) is 12.4 Å². The highest BCUT2D eigenvalue weighted by atomic mass is 16.6. The Labute approximate surface area is 200 Å². The van der Waals surface area contributed by atoms with Gasteiger partial charge in [0.15, 0.2) is 6.10 Å². The summed E-state index contributed by atoms with van der Waals surface area (Å²) in [6.45, 7) is 2.22. The molecule has 1 heterocycles. The monoisotopic (exact) mass is 460 g/mol. The third-order valence-electron chi connectivity index (χ3n) is 6.35. The summed E-state index contributed by atoms with van der Waals surface area (Å²) in [6.07, 6.45) is 6.20. The van der Waals surface area contributed by atoms with Gasteiger partial charge < -0.3 is 14.7 Å². The SMILES string of the molecule is C/C(CCC(=O)O)=N/OC(c1ccc(OCc2ccc3ccccc3n2)cc1)C1CCCCC1. The van der Waals surface area contributed by atoms with Gasteiger partial charge in [-0.2, -0.15) is 0 Å². The molecule has 1 aliphatic rings. The van der Waals surface area contributed by atoms with Gasteiger partial charge in [-0.1, -0.05) is 60.8 Å². The first-order valence-corrected chi connectivity index (χ1v) is 12.1. The van der Waals surface area contributed by atoms with E-state index in [-0.39, 0.29) is 12.5 Å². The average Bonchev–Trinajstić information content (AvgIpc) is 2.87. The highest BCUT2D eigenvalue weighted by molar-refractivity contribution is 5.84. The standard InChI is InChI=1S/C28H32N2O4/c1-20(11-18-27(31)32)30-34-28(22-8-3-2-4-9-22)23-13-16-25(17-14-23)33-19-24-15-12-21-7-5-6-10-26(21)29-24/h5-7,10,12-17,22,28H,2-4,8-9,11,18-19H2,1H3,(H,31,32)/b30-20-. The van der Waals surface area contributed by atoms with E-state index < -0.39 is 5.97 Å². The van der Waals surface area contributed by atoms with Crippen LogP contribution in [0.5, 0.6) is 5.75 Å². The summed E-state index contributed by atoms with van der Waals surface area (Å²) in [5, 5.41) is 14.3. The zero-order chi connectivity index (χ0) is 23.8. The fourth-order valence-corrected chi connectivity index (χ4v) is 4.44. The number of aliphatic carboxylic acids is 1. The molecule has 6 nitrogen and oxygen atoms in total. The Kier molecular flexibility index (Phi) is 8.12. The van der Waals surface area contributed by atoms with Crippen LogP contribution in [-0.2, 0) is 16.2 Å². The van der Waals surface area contributed by atoms with Crippen molar-refractivity contribution in [3.63, 3.8) is 0 Å². The molecule has 0 bridgehead atoms. The van der Waals surface area contributed by atoms with Crippen LogP contribution in [0.2, 0.25) is 0 Å². The first kappa shape index (κ1) is 23.7. The molecule has 1 unspecified atom stereocenters. The number of ether oxygens (including phenoxy) is 1. The van der Waals surface area contributed by atoms with Gasteiger partial charge in [0.05, 0.1) is 23.3 Å². The molecule has 1 N–H and O–H groups in total. The molecule has 6 heteroatoms. The Morgan fingerprint density at radius 1 is 1.03 bits per heavy atom. The van der Waals surface area contributed by atoms with Gasteiger partial charge in [0, 0.05) is 11.3 Å². The average molecular weight is 461 g/mol. The van der Waals surface area contributed by atoms with Gasteiger partial charge in [0.2, 0.25) is 0 Å². The van der Waals surface area contributed by atoms with E-state index in [0.717, 1.165) is 40.8 Å². The third-order valence-corrected chi connectivity index (χ3v) is 6.35. The number of fused-ring (bicyclic) bond motifs is 1. The summed E-state index contributed by atoms with van der Waals surface area (Å²) in [7, 11) is 0. The first-order chi connectivity index (χ1) is 16.6. The molecule has 178 valence electrons. The Morgan fingerprint density at radius 3 is 2.56 bits per heavy atom. The van der Waals surface area contributed by atoms with Crippen LogP contribution < -0.4 is 4.74 Å². The van der Waals surface area contributed by atoms with Gasteiger partial charge in [0.25, 0.3) is 0 Å². The molecular formula is C28H32N2O4. The van der Waals surface area contributed by atoms with Crippen LogP contribution >= 0.6 is 0 Å². The molecule has 0 saturated heterocycles. The number of hydrogen-bond acceptors (Lipinski definition) is 5. The number of carboxylic acids is 1. The van der Waals surface area contributed by atoms with E-state index in [1.165, 1.54) is 19.3 Å². The minimum Gasteiger partial charge on any atom is -0.487 e. The minimum absolute atomic E-state index is 0.0604. The fourth-order valence-electron chi connectivity index (χ4n) is 4.44. The zero-order valence-electron chi connectivity index (χ0n) is 19.7. The van der Waals surface area contributed by atoms with Crippen LogP contribution in [-0.4, -0.2) is 21.8 Å². The van der Waals surface area contributed by atoms with E-state index >= 15 is 0 Å². The second kappa shape index (κ2) is 11.6. The number of hydrogen-bond donors (Lipinski definition) is 1. The molecule has 3 aromatic rings. The molecule has 0 aliphatic heterocycles. The van der Waals surface area contributed by atoms with Crippen molar-refractivity contribution in [2.24, 2.45) is 11.1 Å². The molecular weight excluding hydrogens is 428 g/mol. The number of carboxylic acid groups (broad SMARTS) is 1. The predicted octanol–water partition coefficient (Wildman–Crippen LogP) is 6.69. The maximum Gasteiger partial charge on any atom is 0.303 e. The molecule has 1 aliphatic carbocycles. The van der Waals surface area contributed by atoms with E-state index in [2.05, 4.69) is 16.2 Å². The van der Waals surface area contributed by atoms with Crippen molar-refractivity contribution in [3.05, 3.63) is 71.9 Å². The highest BCUT2D eigenvalue weighted by Gasteiger charge is 2.27. The largest absolute Gasteiger partial charge is 0.487 e. The fraction of sp³-hybridized carbons (Fsp3) is 0.393. The quantitative estimate of drug-likeness (QED) is 0.269. The van der Waals surface area contributed by atoms with Crippen molar-refractivity contribution >= 4 is 22.6 Å². The second-order valence-electron chi connectivity index (χ2n) is 9.00. The van der Waals surface area contributed by atoms with Crippen molar-refractivity contribution in [3.8, 4) is 5.75 Å². The van der Waals surface area contributed by atoms with E-state index in [1.54, 1.807) is 0 Å². The number of carbonyl (C=O) groups is 1. The van der Waals surface area contributed by atoms with Crippen LogP contribution in [0, 0.1) is 5.92 Å². The number of oxime groups is 1. The van der Waals surface area contributed by atoms with Crippen molar-refractivity contribution < 1.29 is 19.5 Å². The molecule has 0 radical (unpaired) electrons. The molecule has 1 aromatic heterocycles. The van der Waals surface area contributed by atoms with Crippen LogP contribution in [0.4, 0.5) is 0 Å². The Hall–Kier alpha value is -3.41. The van der Waals surface area contributed by atoms with Gasteiger partial charge >= 0.3 is 5.97 Å². The molecule has 34 heavy (non-hydrogen) atoms. The summed E-state index contributed by atoms with van der Waals surface area (Å²) in [6, 6.07) is 20.1. The maximum absolute atomic E-state index is 10.8.